The van der Waals surface area contributed by atoms with Crippen LogP contribution in [0.25, 0.3) is 0 Å². The van der Waals surface area contributed by atoms with Crippen LogP contribution in [0.5, 0.6) is 0 Å². The molecule has 5 nitrogen and oxygen atoms in total. The highest BCUT2D eigenvalue weighted by Gasteiger charge is 2.20. The zero-order valence-electron chi connectivity index (χ0n) is 14.3. The van der Waals surface area contributed by atoms with Crippen LogP contribution in [0, 0.1) is 5.92 Å². The van der Waals surface area contributed by atoms with Crippen LogP contribution in [0.2, 0.25) is 0 Å². The fourth-order valence-electron chi connectivity index (χ4n) is 2.60. The molecule has 1 heterocycles. The summed E-state index contributed by atoms with van der Waals surface area (Å²) in [7, 11) is 1.82. The molecule has 0 aliphatic carbocycles. The number of rotatable bonds is 8. The van der Waals surface area contributed by atoms with E-state index in [0.29, 0.717) is 5.92 Å². The van der Waals surface area contributed by atoms with Gasteiger partial charge in [-0.25, -0.2) is 0 Å². The number of hydrogen-bond donors (Lipinski definition) is 2. The third-order valence-corrected chi connectivity index (χ3v) is 3.64. The van der Waals surface area contributed by atoms with Crippen LogP contribution in [-0.2, 0) is 4.74 Å². The van der Waals surface area contributed by atoms with Crippen LogP contribution < -0.4 is 10.6 Å². The van der Waals surface area contributed by atoms with Crippen molar-refractivity contribution in [1.29, 1.82) is 0 Å². The molecule has 1 aliphatic heterocycles. The Hall–Kier alpha value is -0.810. The highest BCUT2D eigenvalue weighted by atomic mass is 16.5. The van der Waals surface area contributed by atoms with E-state index in [9.17, 15) is 0 Å². The first-order chi connectivity index (χ1) is 10.2. The molecular weight excluding hydrogens is 264 g/mol. The standard InChI is InChI=1S/C16H34N4O/c1-5-6-7-8-18-16(17-4)19-11-15-13-20(9-10-21-15)12-14(2)3/h14-15H,5-13H2,1-4H3,(H2,17,18,19). The Morgan fingerprint density at radius 2 is 2.14 bits per heavy atom. The first kappa shape index (κ1) is 18.2. The van der Waals surface area contributed by atoms with Gasteiger partial charge in [0.15, 0.2) is 5.96 Å². The van der Waals surface area contributed by atoms with Crippen LogP contribution in [0.3, 0.4) is 0 Å². The van der Waals surface area contributed by atoms with E-state index in [1.807, 2.05) is 7.05 Å². The number of ether oxygens (including phenoxy) is 1. The number of aliphatic imine (C=N–C) groups is 1. The average Bonchev–Trinajstić information content (AvgIpc) is 2.46. The summed E-state index contributed by atoms with van der Waals surface area (Å²) < 4.78 is 5.84. The van der Waals surface area contributed by atoms with Crippen molar-refractivity contribution >= 4 is 5.96 Å². The maximum atomic E-state index is 5.84. The molecule has 1 aliphatic rings. The third kappa shape index (κ3) is 8.27. The van der Waals surface area contributed by atoms with Gasteiger partial charge in [-0.15, -0.1) is 0 Å². The quantitative estimate of drug-likeness (QED) is 0.407. The molecule has 1 fully saturated rings. The molecule has 21 heavy (non-hydrogen) atoms. The summed E-state index contributed by atoms with van der Waals surface area (Å²) in [6.07, 6.45) is 3.96. The summed E-state index contributed by atoms with van der Waals surface area (Å²) >= 11 is 0. The SMILES string of the molecule is CCCCCNC(=NC)NCC1CN(CC(C)C)CCO1. The molecule has 0 radical (unpaired) electrons. The zero-order chi connectivity index (χ0) is 15.5. The summed E-state index contributed by atoms with van der Waals surface area (Å²) in [5.41, 5.74) is 0. The van der Waals surface area contributed by atoms with Gasteiger partial charge in [0.1, 0.15) is 0 Å². The van der Waals surface area contributed by atoms with Crippen molar-refractivity contribution in [3.8, 4) is 0 Å². The average molecular weight is 298 g/mol. The number of nitrogens with one attached hydrogen (secondary N) is 2. The van der Waals surface area contributed by atoms with Gasteiger partial charge >= 0.3 is 0 Å². The van der Waals surface area contributed by atoms with E-state index in [-0.39, 0.29) is 6.10 Å². The predicted octanol–water partition coefficient (Wildman–Crippen LogP) is 1.70. The number of unbranched alkanes of at least 4 members (excludes halogenated alkanes) is 2. The van der Waals surface area contributed by atoms with E-state index in [0.717, 1.165) is 45.3 Å². The normalized spacial score (nSPS) is 20.8. The molecule has 1 atom stereocenters. The first-order valence-electron chi connectivity index (χ1n) is 8.44. The van der Waals surface area contributed by atoms with Crippen molar-refractivity contribution in [2.45, 2.75) is 46.1 Å². The monoisotopic (exact) mass is 298 g/mol. The molecule has 0 aromatic carbocycles. The van der Waals surface area contributed by atoms with E-state index < -0.39 is 0 Å². The molecule has 5 heteroatoms. The number of nitrogens with zero attached hydrogens (tertiary/aromatic N) is 2. The van der Waals surface area contributed by atoms with Crippen molar-refractivity contribution in [2.24, 2.45) is 10.9 Å². The maximum Gasteiger partial charge on any atom is 0.191 e. The molecular formula is C16H34N4O. The van der Waals surface area contributed by atoms with Gasteiger partial charge in [-0.3, -0.25) is 9.89 Å². The molecule has 124 valence electrons. The van der Waals surface area contributed by atoms with Gasteiger partial charge < -0.3 is 15.4 Å². The summed E-state index contributed by atoms with van der Waals surface area (Å²) in [4.78, 5) is 6.76. The van der Waals surface area contributed by atoms with Gasteiger partial charge in [-0.05, 0) is 12.3 Å². The summed E-state index contributed by atoms with van der Waals surface area (Å²) in [5.74, 6) is 1.60. The zero-order valence-corrected chi connectivity index (χ0v) is 14.3. The minimum Gasteiger partial charge on any atom is -0.374 e. The van der Waals surface area contributed by atoms with Crippen LogP contribution in [-0.4, -0.2) is 63.3 Å². The van der Waals surface area contributed by atoms with E-state index in [4.69, 9.17) is 4.74 Å². The maximum absolute atomic E-state index is 5.84. The van der Waals surface area contributed by atoms with Gasteiger partial charge in [-0.1, -0.05) is 33.6 Å². The highest BCUT2D eigenvalue weighted by molar-refractivity contribution is 5.79. The van der Waals surface area contributed by atoms with E-state index in [1.165, 1.54) is 19.3 Å². The molecule has 0 aromatic rings. The number of hydrogen-bond acceptors (Lipinski definition) is 3. The van der Waals surface area contributed by atoms with Crippen molar-refractivity contribution in [1.82, 2.24) is 15.5 Å². The summed E-state index contributed by atoms with van der Waals surface area (Å²) in [6, 6.07) is 0. The molecule has 0 aromatic heterocycles. The first-order valence-corrected chi connectivity index (χ1v) is 8.44. The van der Waals surface area contributed by atoms with Gasteiger partial charge in [0.25, 0.3) is 0 Å². The second-order valence-corrected chi connectivity index (χ2v) is 6.23. The topological polar surface area (TPSA) is 48.9 Å². The molecule has 1 saturated heterocycles. The van der Waals surface area contributed by atoms with Crippen LogP contribution >= 0.6 is 0 Å². The van der Waals surface area contributed by atoms with Crippen LogP contribution in [0.4, 0.5) is 0 Å². The summed E-state index contributed by atoms with van der Waals surface area (Å²) in [6.45, 7) is 12.6. The molecule has 0 amide bonds. The Labute approximate surface area is 130 Å². The third-order valence-electron chi connectivity index (χ3n) is 3.64. The van der Waals surface area contributed by atoms with Crippen molar-refractivity contribution in [2.75, 3.05) is 46.4 Å². The molecule has 1 unspecified atom stereocenters. The van der Waals surface area contributed by atoms with Crippen LogP contribution in [0.1, 0.15) is 40.0 Å². The molecule has 0 saturated carbocycles. The Balaban J connectivity index is 2.22. The highest BCUT2D eigenvalue weighted by Crippen LogP contribution is 2.07. The van der Waals surface area contributed by atoms with E-state index in [1.54, 1.807) is 0 Å². The molecule has 1 rings (SSSR count). The minimum absolute atomic E-state index is 0.256. The molecule has 2 N–H and O–H groups in total. The fourth-order valence-corrected chi connectivity index (χ4v) is 2.60. The van der Waals surface area contributed by atoms with Crippen molar-refractivity contribution < 1.29 is 4.74 Å². The Bertz CT molecular complexity index is 294. The van der Waals surface area contributed by atoms with Gasteiger partial charge in [-0.2, -0.15) is 0 Å². The van der Waals surface area contributed by atoms with Crippen molar-refractivity contribution in [3.05, 3.63) is 0 Å². The van der Waals surface area contributed by atoms with E-state index in [2.05, 4.69) is 41.3 Å². The lowest BCUT2D eigenvalue weighted by atomic mass is 10.2. The lowest BCUT2D eigenvalue weighted by Gasteiger charge is -2.34. The number of guanidine groups is 1. The Morgan fingerprint density at radius 3 is 2.81 bits per heavy atom. The van der Waals surface area contributed by atoms with Crippen LogP contribution in [0.15, 0.2) is 4.99 Å². The van der Waals surface area contributed by atoms with Gasteiger partial charge in [0.2, 0.25) is 0 Å². The second kappa shape index (κ2) is 10.9. The summed E-state index contributed by atoms with van der Waals surface area (Å²) in [5, 5.41) is 6.73. The second-order valence-electron chi connectivity index (χ2n) is 6.23. The smallest absolute Gasteiger partial charge is 0.191 e. The van der Waals surface area contributed by atoms with E-state index >= 15 is 0 Å². The minimum atomic E-state index is 0.256. The number of morpholine rings is 1. The molecule has 0 spiro atoms. The van der Waals surface area contributed by atoms with Gasteiger partial charge in [0.05, 0.1) is 12.7 Å². The van der Waals surface area contributed by atoms with Gasteiger partial charge in [0, 0.05) is 39.8 Å². The lowest BCUT2D eigenvalue weighted by molar-refractivity contribution is -0.0284. The fraction of sp³-hybridized carbons (Fsp3) is 0.938. The lowest BCUT2D eigenvalue weighted by Crippen LogP contribution is -2.50. The van der Waals surface area contributed by atoms with Crippen molar-refractivity contribution in [3.63, 3.8) is 0 Å². The predicted molar refractivity (Wildman–Crippen MR) is 89.9 cm³/mol. The Morgan fingerprint density at radius 1 is 1.33 bits per heavy atom. The largest absolute Gasteiger partial charge is 0.374 e. The molecule has 0 bridgehead atoms. The Kier molecular flexibility index (Phi) is 9.42.